The Hall–Kier alpha value is -3.43. The number of nitrogens with zero attached hydrogens (tertiary/aromatic N) is 3. The monoisotopic (exact) mass is 517 g/mol. The van der Waals surface area contributed by atoms with E-state index in [0.717, 1.165) is 16.9 Å². The number of benzene rings is 3. The van der Waals surface area contributed by atoms with Gasteiger partial charge < -0.3 is 9.84 Å². The molecule has 0 radical (unpaired) electrons. The average molecular weight is 518 g/mol. The highest BCUT2D eigenvalue weighted by Crippen LogP contribution is 2.30. The van der Waals surface area contributed by atoms with E-state index in [1.165, 1.54) is 16.7 Å². The summed E-state index contributed by atoms with van der Waals surface area (Å²) in [6.07, 6.45) is 0. The fraction of sp³-hybridized carbons (Fsp3) is 0.455. The predicted octanol–water partition coefficient (Wildman–Crippen LogP) is 10.2. The third-order valence-corrected chi connectivity index (χ3v) is 6.21. The van der Waals surface area contributed by atoms with Crippen LogP contribution in [-0.2, 0) is 16.2 Å². The number of phenols is 1. The first-order valence-electron chi connectivity index (χ1n) is 13.0. The summed E-state index contributed by atoms with van der Waals surface area (Å²) in [7, 11) is 1.69. The smallest absolute Gasteiger partial charge is 0.121 e. The number of hydrogen-bond donors (Lipinski definition) is 1. The van der Waals surface area contributed by atoms with Gasteiger partial charge in [0, 0.05) is 10.6 Å². The molecular formula is C33H47N3O2. The minimum atomic E-state index is 0.148. The number of azide groups is 1. The van der Waals surface area contributed by atoms with E-state index in [-0.39, 0.29) is 16.2 Å². The molecule has 0 saturated heterocycles. The SMILES string of the molecule is CC(C)(C)c1ccc(N=[N+]=[N-])cc1.COc1ccc(C(C)(C)C)cc1.Cc1cc(C(C)(C)C)cc(C)c1O. The first-order valence-corrected chi connectivity index (χ1v) is 13.0. The third kappa shape index (κ3) is 10.5. The number of ether oxygens (including phenoxy) is 1. The number of hydrogen-bond acceptors (Lipinski definition) is 3. The Morgan fingerprint density at radius 3 is 1.34 bits per heavy atom. The van der Waals surface area contributed by atoms with Crippen molar-refractivity contribution < 1.29 is 9.84 Å². The maximum atomic E-state index is 9.60. The molecule has 0 aliphatic rings. The van der Waals surface area contributed by atoms with Crippen LogP contribution in [0.3, 0.4) is 0 Å². The Morgan fingerprint density at radius 1 is 0.658 bits per heavy atom. The van der Waals surface area contributed by atoms with Gasteiger partial charge in [0.05, 0.1) is 7.11 Å². The van der Waals surface area contributed by atoms with Crippen molar-refractivity contribution in [3.05, 3.63) is 98.9 Å². The zero-order chi connectivity index (χ0) is 29.3. The van der Waals surface area contributed by atoms with Gasteiger partial charge in [0.1, 0.15) is 11.5 Å². The van der Waals surface area contributed by atoms with Crippen LogP contribution in [0.5, 0.6) is 11.5 Å². The van der Waals surface area contributed by atoms with Gasteiger partial charge in [-0.05, 0) is 75.6 Å². The average Bonchev–Trinajstić information content (AvgIpc) is 2.82. The van der Waals surface area contributed by atoms with E-state index in [9.17, 15) is 5.11 Å². The van der Waals surface area contributed by atoms with Gasteiger partial charge in [-0.15, -0.1) is 0 Å². The van der Waals surface area contributed by atoms with E-state index in [4.69, 9.17) is 10.3 Å². The Kier molecular flexibility index (Phi) is 11.5. The van der Waals surface area contributed by atoms with Crippen molar-refractivity contribution in [2.45, 2.75) is 92.4 Å². The van der Waals surface area contributed by atoms with Crippen molar-refractivity contribution in [3.63, 3.8) is 0 Å². The number of rotatable bonds is 2. The van der Waals surface area contributed by atoms with Gasteiger partial charge in [-0.2, -0.15) is 0 Å². The highest BCUT2D eigenvalue weighted by Gasteiger charge is 2.16. The molecule has 0 heterocycles. The van der Waals surface area contributed by atoms with E-state index in [1.807, 2.05) is 50.2 Å². The molecule has 3 rings (SSSR count). The topological polar surface area (TPSA) is 78.2 Å². The van der Waals surface area contributed by atoms with Crippen molar-refractivity contribution in [3.8, 4) is 11.5 Å². The van der Waals surface area contributed by atoms with Crippen LogP contribution in [0, 0.1) is 13.8 Å². The molecule has 0 atom stereocenters. The summed E-state index contributed by atoms with van der Waals surface area (Å²) < 4.78 is 5.08. The van der Waals surface area contributed by atoms with Crippen LogP contribution in [0.2, 0.25) is 0 Å². The normalized spacial score (nSPS) is 11.3. The summed E-state index contributed by atoms with van der Waals surface area (Å²) in [6, 6.07) is 20.0. The number of aromatic hydroxyl groups is 1. The van der Waals surface area contributed by atoms with Crippen LogP contribution in [0.1, 0.15) is 90.1 Å². The fourth-order valence-electron chi connectivity index (χ4n) is 3.56. The zero-order valence-electron chi connectivity index (χ0n) is 25.5. The van der Waals surface area contributed by atoms with Gasteiger partial charge in [-0.3, -0.25) is 0 Å². The summed E-state index contributed by atoms with van der Waals surface area (Å²) >= 11 is 0. The summed E-state index contributed by atoms with van der Waals surface area (Å²) in [5.74, 6) is 1.34. The molecule has 3 aromatic rings. The minimum Gasteiger partial charge on any atom is -0.507 e. The molecule has 0 saturated carbocycles. The lowest BCUT2D eigenvalue weighted by Crippen LogP contribution is -2.11. The van der Waals surface area contributed by atoms with Gasteiger partial charge in [-0.25, -0.2) is 0 Å². The zero-order valence-corrected chi connectivity index (χ0v) is 25.5. The molecule has 3 aromatic carbocycles. The molecule has 0 aliphatic heterocycles. The van der Waals surface area contributed by atoms with E-state index in [2.05, 4.69) is 96.6 Å². The Bertz CT molecular complexity index is 1180. The quantitative estimate of drug-likeness (QED) is 0.208. The molecule has 0 bridgehead atoms. The van der Waals surface area contributed by atoms with Crippen molar-refractivity contribution in [1.29, 1.82) is 0 Å². The Balaban J connectivity index is 0.000000285. The molecule has 0 aliphatic carbocycles. The summed E-state index contributed by atoms with van der Waals surface area (Å²) in [6.45, 7) is 23.5. The molecule has 0 amide bonds. The minimum absolute atomic E-state index is 0.148. The van der Waals surface area contributed by atoms with Gasteiger partial charge in [0.2, 0.25) is 0 Å². The molecule has 1 N–H and O–H groups in total. The van der Waals surface area contributed by atoms with Gasteiger partial charge >= 0.3 is 0 Å². The molecule has 5 heteroatoms. The largest absolute Gasteiger partial charge is 0.507 e. The lowest BCUT2D eigenvalue weighted by atomic mass is 9.85. The molecule has 38 heavy (non-hydrogen) atoms. The second-order valence-electron chi connectivity index (χ2n) is 12.7. The van der Waals surface area contributed by atoms with E-state index >= 15 is 0 Å². The van der Waals surface area contributed by atoms with E-state index in [1.54, 1.807) is 7.11 Å². The highest BCUT2D eigenvalue weighted by molar-refractivity contribution is 5.44. The molecule has 0 aromatic heterocycles. The van der Waals surface area contributed by atoms with Crippen molar-refractivity contribution >= 4 is 5.69 Å². The maximum absolute atomic E-state index is 9.60. The van der Waals surface area contributed by atoms with Gasteiger partial charge in [0.15, 0.2) is 0 Å². The number of phenolic OH excluding ortho intramolecular Hbond substituents is 1. The first-order chi connectivity index (χ1) is 17.4. The summed E-state index contributed by atoms with van der Waals surface area (Å²) in [4.78, 5) is 2.72. The lowest BCUT2D eigenvalue weighted by Gasteiger charge is -2.20. The van der Waals surface area contributed by atoms with Crippen molar-refractivity contribution in [2.75, 3.05) is 7.11 Å². The fourth-order valence-corrected chi connectivity index (χ4v) is 3.56. The van der Waals surface area contributed by atoms with Crippen LogP contribution in [0.25, 0.3) is 10.4 Å². The molecule has 0 fully saturated rings. The lowest BCUT2D eigenvalue weighted by molar-refractivity contribution is 0.414. The Morgan fingerprint density at radius 2 is 1.03 bits per heavy atom. The highest BCUT2D eigenvalue weighted by atomic mass is 16.5. The van der Waals surface area contributed by atoms with Crippen LogP contribution in [0.4, 0.5) is 5.69 Å². The van der Waals surface area contributed by atoms with E-state index in [0.29, 0.717) is 11.4 Å². The Labute approximate surface area is 230 Å². The number of methoxy groups -OCH3 is 1. The van der Waals surface area contributed by atoms with Gasteiger partial charge in [0.25, 0.3) is 0 Å². The summed E-state index contributed by atoms with van der Waals surface area (Å²) in [5, 5.41) is 13.1. The van der Waals surface area contributed by atoms with Crippen LogP contribution in [-0.4, -0.2) is 12.2 Å². The maximum Gasteiger partial charge on any atom is 0.121 e. The van der Waals surface area contributed by atoms with Crippen molar-refractivity contribution in [1.82, 2.24) is 0 Å². The van der Waals surface area contributed by atoms with E-state index < -0.39 is 0 Å². The standard InChI is InChI=1S/C12H18O.C11H16O.C10H13N3/c1-8-6-10(12(3,4)5)7-9(2)11(8)13;1-11(2,3)9-5-7-10(12-4)8-6-9;1-10(2,3)8-4-6-9(7-5-8)12-13-11/h6-7,13H,1-5H3;5-8H,1-4H3;4-7H,1-3H3. The molecule has 5 nitrogen and oxygen atoms in total. The summed E-state index contributed by atoms with van der Waals surface area (Å²) in [5.41, 5.74) is 15.2. The van der Waals surface area contributed by atoms with Crippen LogP contribution < -0.4 is 4.74 Å². The third-order valence-electron chi connectivity index (χ3n) is 6.21. The molecule has 0 spiro atoms. The van der Waals surface area contributed by atoms with Crippen LogP contribution in [0.15, 0.2) is 65.8 Å². The number of aryl methyl sites for hydroxylation is 2. The van der Waals surface area contributed by atoms with Crippen molar-refractivity contribution in [2.24, 2.45) is 5.11 Å². The molecule has 206 valence electrons. The second kappa shape index (κ2) is 13.4. The van der Waals surface area contributed by atoms with Crippen LogP contribution >= 0.6 is 0 Å². The van der Waals surface area contributed by atoms with Gasteiger partial charge in [-0.1, -0.05) is 116 Å². The molecular weight excluding hydrogens is 470 g/mol. The second-order valence-corrected chi connectivity index (χ2v) is 12.7. The predicted molar refractivity (Wildman–Crippen MR) is 162 cm³/mol. The molecule has 0 unspecified atom stereocenters. The first kappa shape index (κ1) is 32.6.